The highest BCUT2D eigenvalue weighted by atomic mass is 32.2. The second kappa shape index (κ2) is 6.58. The first-order valence-electron chi connectivity index (χ1n) is 5.94. The van der Waals surface area contributed by atoms with Crippen LogP contribution in [0.2, 0.25) is 0 Å². The number of imidazole rings is 1. The SMILES string of the molecule is CCc1ncc(S(=O)(=O)N(C)C(C)CCSC)[nH]1. The first kappa shape index (κ1) is 15.5. The number of aromatic nitrogens is 2. The van der Waals surface area contributed by atoms with Gasteiger partial charge in [-0.15, -0.1) is 0 Å². The van der Waals surface area contributed by atoms with E-state index in [0.29, 0.717) is 12.2 Å². The third-order valence-electron chi connectivity index (χ3n) is 2.96. The smallest absolute Gasteiger partial charge is 0.260 e. The van der Waals surface area contributed by atoms with Gasteiger partial charge in [-0.05, 0) is 25.4 Å². The molecule has 1 unspecified atom stereocenters. The Bertz CT molecular complexity index is 470. The number of nitrogens with one attached hydrogen (secondary N) is 1. The number of nitrogens with zero attached hydrogens (tertiary/aromatic N) is 2. The maximum absolute atomic E-state index is 12.3. The highest BCUT2D eigenvalue weighted by molar-refractivity contribution is 7.98. The molecule has 0 aliphatic carbocycles. The molecule has 1 atom stereocenters. The molecule has 1 N–H and O–H groups in total. The summed E-state index contributed by atoms with van der Waals surface area (Å²) in [5.74, 6) is 1.64. The van der Waals surface area contributed by atoms with Crippen LogP contribution in [0, 0.1) is 0 Å². The molecule has 7 heteroatoms. The molecule has 0 fully saturated rings. The molecule has 0 aromatic carbocycles. The van der Waals surface area contributed by atoms with Gasteiger partial charge in [0.25, 0.3) is 10.0 Å². The van der Waals surface area contributed by atoms with E-state index < -0.39 is 10.0 Å². The zero-order valence-electron chi connectivity index (χ0n) is 11.3. The Morgan fingerprint density at radius 2 is 2.22 bits per heavy atom. The second-order valence-corrected chi connectivity index (χ2v) is 7.15. The van der Waals surface area contributed by atoms with Crippen molar-refractivity contribution in [2.24, 2.45) is 0 Å². The van der Waals surface area contributed by atoms with E-state index >= 15 is 0 Å². The van der Waals surface area contributed by atoms with Crippen LogP contribution in [-0.2, 0) is 16.4 Å². The minimum atomic E-state index is -3.45. The number of H-pyrrole nitrogens is 1. The molecule has 1 rings (SSSR count). The predicted molar refractivity (Wildman–Crippen MR) is 75.4 cm³/mol. The Kier molecular flexibility index (Phi) is 5.68. The van der Waals surface area contributed by atoms with E-state index in [1.807, 2.05) is 20.1 Å². The summed E-state index contributed by atoms with van der Waals surface area (Å²) in [6.07, 6.45) is 4.95. The third-order valence-corrected chi connectivity index (χ3v) is 5.48. The molecule has 18 heavy (non-hydrogen) atoms. The standard InChI is InChI=1S/C11H21N3O2S2/c1-5-10-12-8-11(13-10)18(15,16)14(3)9(2)6-7-17-4/h8-9H,5-7H2,1-4H3,(H,12,13). The van der Waals surface area contributed by atoms with Crippen molar-refractivity contribution in [3.8, 4) is 0 Å². The van der Waals surface area contributed by atoms with Crippen LogP contribution in [0.5, 0.6) is 0 Å². The Morgan fingerprint density at radius 3 is 2.72 bits per heavy atom. The zero-order chi connectivity index (χ0) is 13.8. The maximum atomic E-state index is 12.3. The van der Waals surface area contributed by atoms with E-state index in [9.17, 15) is 8.42 Å². The van der Waals surface area contributed by atoms with Crippen LogP contribution in [-0.4, -0.2) is 47.8 Å². The maximum Gasteiger partial charge on any atom is 0.260 e. The van der Waals surface area contributed by atoms with Crippen LogP contribution in [0.4, 0.5) is 0 Å². The molecule has 1 aromatic heterocycles. The molecule has 5 nitrogen and oxygen atoms in total. The first-order valence-corrected chi connectivity index (χ1v) is 8.77. The van der Waals surface area contributed by atoms with Crippen molar-refractivity contribution in [3.05, 3.63) is 12.0 Å². The minimum absolute atomic E-state index is 0.0178. The largest absolute Gasteiger partial charge is 0.332 e. The fourth-order valence-electron chi connectivity index (χ4n) is 1.52. The highest BCUT2D eigenvalue weighted by Gasteiger charge is 2.26. The van der Waals surface area contributed by atoms with Crippen molar-refractivity contribution < 1.29 is 8.42 Å². The van der Waals surface area contributed by atoms with E-state index in [-0.39, 0.29) is 11.1 Å². The molecule has 0 saturated carbocycles. The van der Waals surface area contributed by atoms with Gasteiger partial charge in [-0.2, -0.15) is 16.1 Å². The lowest BCUT2D eigenvalue weighted by atomic mass is 10.3. The van der Waals surface area contributed by atoms with E-state index in [1.165, 1.54) is 10.5 Å². The van der Waals surface area contributed by atoms with Crippen molar-refractivity contribution in [1.29, 1.82) is 0 Å². The molecule has 0 aliphatic heterocycles. The average molecular weight is 291 g/mol. The minimum Gasteiger partial charge on any atom is -0.332 e. The molecule has 0 amide bonds. The summed E-state index contributed by atoms with van der Waals surface area (Å²) in [5, 5.41) is 0.179. The molecule has 0 radical (unpaired) electrons. The summed E-state index contributed by atoms with van der Waals surface area (Å²) in [4.78, 5) is 6.89. The summed E-state index contributed by atoms with van der Waals surface area (Å²) in [7, 11) is -1.83. The lowest BCUT2D eigenvalue weighted by molar-refractivity contribution is 0.381. The van der Waals surface area contributed by atoms with Crippen LogP contribution >= 0.6 is 11.8 Å². The monoisotopic (exact) mass is 291 g/mol. The van der Waals surface area contributed by atoms with Gasteiger partial charge in [-0.3, -0.25) is 0 Å². The van der Waals surface area contributed by atoms with Gasteiger partial charge < -0.3 is 4.98 Å². The molecule has 104 valence electrons. The third kappa shape index (κ3) is 3.49. The van der Waals surface area contributed by atoms with Crippen LogP contribution in [0.3, 0.4) is 0 Å². The van der Waals surface area contributed by atoms with E-state index in [0.717, 1.165) is 12.2 Å². The van der Waals surface area contributed by atoms with Gasteiger partial charge in [0, 0.05) is 19.5 Å². The van der Waals surface area contributed by atoms with Gasteiger partial charge in [0.1, 0.15) is 5.82 Å². The zero-order valence-corrected chi connectivity index (χ0v) is 12.9. The van der Waals surface area contributed by atoms with Gasteiger partial charge in [0.2, 0.25) is 0 Å². The van der Waals surface area contributed by atoms with Gasteiger partial charge in [0.05, 0.1) is 6.20 Å². The number of aryl methyl sites for hydroxylation is 1. The Labute approximate surface area is 113 Å². The number of sulfonamides is 1. The normalized spacial score (nSPS) is 14.1. The van der Waals surface area contributed by atoms with E-state index in [1.54, 1.807) is 18.8 Å². The molecular formula is C11H21N3O2S2. The first-order chi connectivity index (χ1) is 8.43. The molecule has 0 aliphatic rings. The summed E-state index contributed by atoms with van der Waals surface area (Å²) in [6, 6.07) is -0.0178. The molecule has 0 bridgehead atoms. The quantitative estimate of drug-likeness (QED) is 0.831. The van der Waals surface area contributed by atoms with Crippen molar-refractivity contribution in [2.45, 2.75) is 37.8 Å². The van der Waals surface area contributed by atoms with Crippen molar-refractivity contribution >= 4 is 21.8 Å². The second-order valence-electron chi connectivity index (χ2n) is 4.20. The summed E-state index contributed by atoms with van der Waals surface area (Å²) >= 11 is 1.72. The summed E-state index contributed by atoms with van der Waals surface area (Å²) < 4.78 is 26.0. The molecule has 0 spiro atoms. The van der Waals surface area contributed by atoms with Gasteiger partial charge in [-0.25, -0.2) is 13.4 Å². The van der Waals surface area contributed by atoms with Gasteiger partial charge in [-0.1, -0.05) is 6.92 Å². The van der Waals surface area contributed by atoms with E-state index in [4.69, 9.17) is 0 Å². The Morgan fingerprint density at radius 1 is 1.56 bits per heavy atom. The van der Waals surface area contributed by atoms with Crippen LogP contribution in [0.15, 0.2) is 11.2 Å². The molecular weight excluding hydrogens is 270 g/mol. The number of aromatic amines is 1. The highest BCUT2D eigenvalue weighted by Crippen LogP contribution is 2.17. The van der Waals surface area contributed by atoms with E-state index in [2.05, 4.69) is 9.97 Å². The topological polar surface area (TPSA) is 66.1 Å². The average Bonchev–Trinajstić information content (AvgIpc) is 2.84. The fourth-order valence-corrected chi connectivity index (χ4v) is 3.42. The lowest BCUT2D eigenvalue weighted by Crippen LogP contribution is -2.35. The van der Waals surface area contributed by atoms with Gasteiger partial charge >= 0.3 is 0 Å². The molecule has 0 saturated heterocycles. The number of hydrogen-bond donors (Lipinski definition) is 1. The van der Waals surface area contributed by atoms with Crippen molar-refractivity contribution in [1.82, 2.24) is 14.3 Å². The van der Waals surface area contributed by atoms with Crippen molar-refractivity contribution in [3.63, 3.8) is 0 Å². The van der Waals surface area contributed by atoms with Crippen LogP contribution < -0.4 is 0 Å². The molecule has 1 heterocycles. The van der Waals surface area contributed by atoms with Crippen LogP contribution in [0.25, 0.3) is 0 Å². The number of thioether (sulfide) groups is 1. The van der Waals surface area contributed by atoms with Crippen molar-refractivity contribution in [2.75, 3.05) is 19.1 Å². The Balaban J connectivity index is 2.85. The summed E-state index contributed by atoms with van der Waals surface area (Å²) in [6.45, 7) is 3.85. The fraction of sp³-hybridized carbons (Fsp3) is 0.727. The predicted octanol–water partition coefficient (Wildman–Crippen LogP) is 1.73. The lowest BCUT2D eigenvalue weighted by Gasteiger charge is -2.23. The number of hydrogen-bond acceptors (Lipinski definition) is 4. The van der Waals surface area contributed by atoms with Gasteiger partial charge in [0.15, 0.2) is 5.03 Å². The summed E-state index contributed by atoms with van der Waals surface area (Å²) in [5.41, 5.74) is 0. The molecule has 1 aromatic rings. The Hall–Kier alpha value is -0.530. The number of rotatable bonds is 7. The van der Waals surface area contributed by atoms with Crippen LogP contribution in [0.1, 0.15) is 26.1 Å².